The van der Waals surface area contributed by atoms with E-state index in [4.69, 9.17) is 0 Å². The first-order chi connectivity index (χ1) is 35.2. The third-order valence-corrected chi connectivity index (χ3v) is 16.1. The van der Waals surface area contributed by atoms with Crippen molar-refractivity contribution in [1.29, 1.82) is 0 Å². The highest BCUT2D eigenvalue weighted by Crippen LogP contribution is 2.64. The highest BCUT2D eigenvalue weighted by molar-refractivity contribution is 6.12. The van der Waals surface area contributed by atoms with Crippen LogP contribution in [-0.4, -0.2) is 13.7 Å². The van der Waals surface area contributed by atoms with Gasteiger partial charge in [0.1, 0.15) is 0 Å². The van der Waals surface area contributed by atoms with E-state index in [-0.39, 0.29) is 0 Å². The maximum absolute atomic E-state index is 2.54. The summed E-state index contributed by atoms with van der Waals surface area (Å²) >= 11 is 0. The Morgan fingerprint density at radius 3 is 1.00 bits per heavy atom. The van der Waals surface area contributed by atoms with Crippen LogP contribution in [0.4, 0.5) is 0 Å². The van der Waals surface area contributed by atoms with Crippen molar-refractivity contribution in [3.8, 4) is 39.3 Å². The lowest BCUT2D eigenvalue weighted by molar-refractivity contribution is 0.790. The molecule has 11 aromatic carbocycles. The first-order valence-electron chi connectivity index (χ1n) is 24.8. The summed E-state index contributed by atoms with van der Waals surface area (Å²) in [4.78, 5) is 0. The predicted octanol–water partition coefficient (Wildman–Crippen LogP) is 16.9. The number of nitrogens with zero attached hydrogens (tertiary/aromatic N) is 3. The van der Waals surface area contributed by atoms with Gasteiger partial charge in [-0.05, 0) is 135 Å². The zero-order chi connectivity index (χ0) is 46.4. The number of fused-ring (bicyclic) bond motifs is 19. The second kappa shape index (κ2) is 14.4. The lowest BCUT2D eigenvalue weighted by Gasteiger charge is -2.31. The lowest BCUT2D eigenvalue weighted by Crippen LogP contribution is -2.26. The molecule has 3 heteroatoms. The maximum Gasteiger partial charge on any atom is 0.0727 e. The van der Waals surface area contributed by atoms with Gasteiger partial charge < -0.3 is 13.7 Å². The van der Waals surface area contributed by atoms with Crippen molar-refractivity contribution in [3.05, 3.63) is 282 Å². The van der Waals surface area contributed by atoms with Crippen molar-refractivity contribution >= 4 is 65.4 Å². The van der Waals surface area contributed by atoms with Gasteiger partial charge in [0.05, 0.1) is 38.5 Å². The average Bonchev–Trinajstić information content (AvgIpc) is 4.20. The van der Waals surface area contributed by atoms with Crippen molar-refractivity contribution in [2.75, 3.05) is 0 Å². The van der Waals surface area contributed by atoms with Gasteiger partial charge >= 0.3 is 0 Å². The van der Waals surface area contributed by atoms with Crippen LogP contribution in [0.2, 0.25) is 0 Å². The molecule has 0 amide bonds. The molecule has 3 aromatic heterocycles. The van der Waals surface area contributed by atoms with Gasteiger partial charge in [-0.25, -0.2) is 0 Å². The van der Waals surface area contributed by atoms with Gasteiger partial charge in [0.15, 0.2) is 0 Å². The standard InChI is InChI=1S/C68H43N3/c1-2-16-43(17-3-1)38-44-30-36-58-56(39-44)48-34-31-46(70-64-26-12-6-20-52(64)53-21-7-13-27-65(53)70)41-60(48)68(58)59-37-33-45(69-62-24-10-4-18-50(62)51-19-5-11-25-63(51)69)40-57(59)49-35-32-47(42-61(49)68)71-66-28-14-8-22-54(66)55-23-9-15-29-67(55)71/h1-37,39-42H,38H2. The molecule has 71 heavy (non-hydrogen) atoms. The van der Waals surface area contributed by atoms with Gasteiger partial charge in [-0.1, -0.05) is 176 Å². The molecule has 0 fully saturated rings. The van der Waals surface area contributed by atoms with Crippen LogP contribution in [0.5, 0.6) is 0 Å². The van der Waals surface area contributed by atoms with E-state index >= 15 is 0 Å². The fraction of sp³-hybridized carbons (Fsp3) is 0.0294. The Kier molecular flexibility index (Phi) is 7.87. The van der Waals surface area contributed by atoms with E-state index in [0.29, 0.717) is 0 Å². The molecule has 0 N–H and O–H groups in total. The monoisotopic (exact) mass is 901 g/mol. The Morgan fingerprint density at radius 2 is 0.577 bits per heavy atom. The molecule has 1 unspecified atom stereocenters. The number of benzene rings is 11. The van der Waals surface area contributed by atoms with Gasteiger partial charge in [-0.2, -0.15) is 0 Å². The smallest absolute Gasteiger partial charge is 0.0727 e. The van der Waals surface area contributed by atoms with E-state index in [2.05, 4.69) is 262 Å². The normalized spacial score (nSPS) is 14.6. The number of hydrogen-bond acceptors (Lipinski definition) is 0. The van der Waals surface area contributed by atoms with E-state index in [1.165, 1.54) is 121 Å². The number of hydrogen-bond donors (Lipinski definition) is 0. The summed E-state index contributed by atoms with van der Waals surface area (Å²) in [5, 5.41) is 7.57. The molecule has 14 aromatic rings. The van der Waals surface area contributed by atoms with Crippen molar-refractivity contribution in [3.63, 3.8) is 0 Å². The molecule has 0 aliphatic heterocycles. The van der Waals surface area contributed by atoms with Crippen molar-refractivity contribution < 1.29 is 0 Å². The molecule has 2 aliphatic rings. The fourth-order valence-corrected chi connectivity index (χ4v) is 13.2. The van der Waals surface area contributed by atoms with Crippen LogP contribution in [0.1, 0.15) is 33.4 Å². The Balaban J connectivity index is 1.02. The summed E-state index contributed by atoms with van der Waals surface area (Å²) in [6, 6.07) is 93.5. The molecule has 3 heterocycles. The van der Waals surface area contributed by atoms with Crippen molar-refractivity contribution in [1.82, 2.24) is 13.7 Å². The molecule has 0 saturated carbocycles. The molecule has 3 nitrogen and oxygen atoms in total. The van der Waals surface area contributed by atoms with E-state index in [1.807, 2.05) is 0 Å². The lowest BCUT2D eigenvalue weighted by atomic mass is 9.70. The third kappa shape index (κ3) is 5.22. The Labute approximate surface area is 410 Å². The molecule has 0 bridgehead atoms. The van der Waals surface area contributed by atoms with Crippen LogP contribution in [0, 0.1) is 0 Å². The van der Waals surface area contributed by atoms with Gasteiger partial charge in [-0.3, -0.25) is 0 Å². The van der Waals surface area contributed by atoms with Gasteiger partial charge in [0, 0.05) is 49.4 Å². The molecular formula is C68H43N3. The van der Waals surface area contributed by atoms with Crippen LogP contribution >= 0.6 is 0 Å². The average molecular weight is 902 g/mol. The van der Waals surface area contributed by atoms with Crippen LogP contribution < -0.4 is 0 Å². The minimum Gasteiger partial charge on any atom is -0.309 e. The van der Waals surface area contributed by atoms with Crippen molar-refractivity contribution in [2.45, 2.75) is 11.8 Å². The quantitative estimate of drug-likeness (QED) is 0.163. The second-order valence-electron chi connectivity index (χ2n) is 19.6. The van der Waals surface area contributed by atoms with E-state index in [1.54, 1.807) is 0 Å². The van der Waals surface area contributed by atoms with Crippen LogP contribution in [0.25, 0.3) is 105 Å². The summed E-state index contributed by atoms with van der Waals surface area (Å²) in [5.74, 6) is 0. The molecule has 0 radical (unpaired) electrons. The molecular weight excluding hydrogens is 859 g/mol. The predicted molar refractivity (Wildman–Crippen MR) is 295 cm³/mol. The topological polar surface area (TPSA) is 14.8 Å². The highest BCUT2D eigenvalue weighted by Gasteiger charge is 2.52. The zero-order valence-corrected chi connectivity index (χ0v) is 38.7. The van der Waals surface area contributed by atoms with E-state index in [0.717, 1.165) is 23.5 Å². The van der Waals surface area contributed by atoms with Gasteiger partial charge in [0.2, 0.25) is 0 Å². The Morgan fingerprint density at radius 1 is 0.239 bits per heavy atom. The Bertz CT molecular complexity index is 4400. The molecule has 330 valence electrons. The number of aromatic nitrogens is 3. The summed E-state index contributed by atoms with van der Waals surface area (Å²) in [7, 11) is 0. The second-order valence-corrected chi connectivity index (χ2v) is 19.6. The van der Waals surface area contributed by atoms with Gasteiger partial charge in [0.25, 0.3) is 0 Å². The largest absolute Gasteiger partial charge is 0.309 e. The zero-order valence-electron chi connectivity index (χ0n) is 38.7. The van der Waals surface area contributed by atoms with E-state index in [9.17, 15) is 0 Å². The van der Waals surface area contributed by atoms with E-state index < -0.39 is 5.41 Å². The van der Waals surface area contributed by atoms with Crippen molar-refractivity contribution in [2.24, 2.45) is 0 Å². The minimum absolute atomic E-state index is 0.635. The summed E-state index contributed by atoms with van der Waals surface area (Å²) < 4.78 is 7.44. The summed E-state index contributed by atoms with van der Waals surface area (Å²) in [6.07, 6.45) is 0.864. The fourth-order valence-electron chi connectivity index (χ4n) is 13.2. The molecule has 1 spiro atoms. The van der Waals surface area contributed by atoms with Crippen LogP contribution in [0.3, 0.4) is 0 Å². The molecule has 0 saturated heterocycles. The number of para-hydroxylation sites is 6. The summed E-state index contributed by atoms with van der Waals surface area (Å²) in [6.45, 7) is 0. The Hall–Kier alpha value is -9.18. The minimum atomic E-state index is -0.635. The maximum atomic E-state index is 2.54. The van der Waals surface area contributed by atoms with Crippen LogP contribution in [-0.2, 0) is 11.8 Å². The first-order valence-corrected chi connectivity index (χ1v) is 24.8. The molecule has 16 rings (SSSR count). The number of rotatable bonds is 5. The summed E-state index contributed by atoms with van der Waals surface area (Å²) in [5.41, 5.74) is 23.1. The highest BCUT2D eigenvalue weighted by atomic mass is 15.0. The SMILES string of the molecule is c1ccc(Cc2ccc3c(c2)-c2ccc(-n4c5ccccc5c5ccccc54)cc2C32c3ccc(-n4c5ccccc5c5ccccc54)cc3-c3ccc(-n4c5ccccc5c5ccccc54)cc32)cc1. The molecule has 2 aliphatic carbocycles. The third-order valence-electron chi connectivity index (χ3n) is 16.1. The first kappa shape index (κ1) is 38.8. The van der Waals surface area contributed by atoms with Gasteiger partial charge in [-0.15, -0.1) is 0 Å². The molecule has 1 atom stereocenters. The van der Waals surface area contributed by atoms with Crippen LogP contribution in [0.15, 0.2) is 249 Å².